The second kappa shape index (κ2) is 7.34. The molecule has 0 fully saturated rings. The number of hydrogen-bond acceptors (Lipinski definition) is 6. The molecule has 8 nitrogen and oxygen atoms in total. The number of nitrogen functional groups attached to an aromatic ring is 1. The van der Waals surface area contributed by atoms with Gasteiger partial charge in [-0.1, -0.05) is 6.07 Å². The summed E-state index contributed by atoms with van der Waals surface area (Å²) in [5, 5.41) is 12.7. The molecule has 25 heavy (non-hydrogen) atoms. The summed E-state index contributed by atoms with van der Waals surface area (Å²) in [7, 11) is 0. The summed E-state index contributed by atoms with van der Waals surface area (Å²) < 4.78 is 31.4. The lowest BCUT2D eigenvalue weighted by molar-refractivity contribution is -0.383. The number of amides is 1. The van der Waals surface area contributed by atoms with Crippen molar-refractivity contribution in [1.82, 2.24) is 0 Å². The number of nitrogens with two attached hydrogens (primary N) is 1. The number of rotatable bonds is 5. The highest BCUT2D eigenvalue weighted by Crippen LogP contribution is 2.23. The van der Waals surface area contributed by atoms with Crippen molar-refractivity contribution < 1.29 is 28.0 Å². The van der Waals surface area contributed by atoms with Gasteiger partial charge in [0.05, 0.1) is 10.5 Å². The Bertz CT molecular complexity index is 837. The van der Waals surface area contributed by atoms with E-state index in [0.717, 1.165) is 30.3 Å². The van der Waals surface area contributed by atoms with Crippen LogP contribution < -0.4 is 11.1 Å². The summed E-state index contributed by atoms with van der Waals surface area (Å²) in [6.07, 6.45) is 0. The van der Waals surface area contributed by atoms with E-state index in [1.54, 1.807) is 0 Å². The molecule has 0 bridgehead atoms. The van der Waals surface area contributed by atoms with Crippen LogP contribution in [0, 0.1) is 21.7 Å². The number of benzene rings is 2. The zero-order valence-corrected chi connectivity index (χ0v) is 12.5. The van der Waals surface area contributed by atoms with Gasteiger partial charge in [-0.2, -0.15) is 0 Å². The molecule has 0 saturated carbocycles. The Morgan fingerprint density at radius 1 is 1.20 bits per heavy atom. The van der Waals surface area contributed by atoms with Gasteiger partial charge in [-0.3, -0.25) is 14.9 Å². The Morgan fingerprint density at radius 2 is 1.84 bits per heavy atom. The highest BCUT2D eigenvalue weighted by atomic mass is 19.1. The first-order valence-corrected chi connectivity index (χ1v) is 6.74. The standard InChI is InChI=1S/C15H11F2N3O5/c16-9-2-1-3-10(17)14(9)19-13(21)7-25-15(22)8-4-5-11(18)12(6-8)20(23)24/h1-6H,7,18H2,(H,19,21). The number of ether oxygens (including phenoxy) is 1. The average molecular weight is 351 g/mol. The number of carbonyl (C=O) groups is 2. The molecule has 130 valence electrons. The van der Waals surface area contributed by atoms with Gasteiger partial charge < -0.3 is 15.8 Å². The highest BCUT2D eigenvalue weighted by Gasteiger charge is 2.18. The van der Waals surface area contributed by atoms with Crippen LogP contribution in [0.5, 0.6) is 0 Å². The van der Waals surface area contributed by atoms with Crippen LogP contribution in [0.3, 0.4) is 0 Å². The third-order valence-electron chi connectivity index (χ3n) is 3.02. The van der Waals surface area contributed by atoms with E-state index in [0.29, 0.717) is 0 Å². The van der Waals surface area contributed by atoms with Gasteiger partial charge in [0.15, 0.2) is 6.61 Å². The highest BCUT2D eigenvalue weighted by molar-refractivity contribution is 5.96. The predicted molar refractivity (Wildman–Crippen MR) is 82.8 cm³/mol. The van der Waals surface area contributed by atoms with Crippen molar-refractivity contribution in [2.24, 2.45) is 0 Å². The molecule has 0 radical (unpaired) electrons. The Morgan fingerprint density at radius 3 is 2.44 bits per heavy atom. The second-order valence-corrected chi connectivity index (χ2v) is 4.75. The summed E-state index contributed by atoms with van der Waals surface area (Å²) in [6.45, 7) is -0.842. The number of nitrogens with zero attached hydrogens (tertiary/aromatic N) is 1. The number of nitro benzene ring substituents is 1. The lowest BCUT2D eigenvalue weighted by Crippen LogP contribution is -2.22. The Kier molecular flexibility index (Phi) is 5.22. The van der Waals surface area contributed by atoms with Crippen molar-refractivity contribution in [2.45, 2.75) is 0 Å². The molecule has 0 aliphatic heterocycles. The number of carbonyl (C=O) groups excluding carboxylic acids is 2. The van der Waals surface area contributed by atoms with Crippen LogP contribution in [-0.2, 0) is 9.53 Å². The molecule has 0 aliphatic carbocycles. The summed E-state index contributed by atoms with van der Waals surface area (Å²) in [6, 6.07) is 6.22. The maximum Gasteiger partial charge on any atom is 0.338 e. The quantitative estimate of drug-likeness (QED) is 0.368. The van der Waals surface area contributed by atoms with E-state index in [1.165, 1.54) is 6.07 Å². The fraction of sp³-hybridized carbons (Fsp3) is 0.0667. The number of hydrogen-bond donors (Lipinski definition) is 2. The van der Waals surface area contributed by atoms with Gasteiger partial charge in [0.2, 0.25) is 0 Å². The van der Waals surface area contributed by atoms with Crippen LogP contribution in [-0.4, -0.2) is 23.4 Å². The number of para-hydroxylation sites is 1. The van der Waals surface area contributed by atoms with E-state index < -0.39 is 46.4 Å². The van der Waals surface area contributed by atoms with E-state index >= 15 is 0 Å². The Hall–Kier alpha value is -3.56. The minimum absolute atomic E-state index is 0.144. The SMILES string of the molecule is Nc1ccc(C(=O)OCC(=O)Nc2c(F)cccc2F)cc1[N+](=O)[O-]. The normalized spacial score (nSPS) is 10.2. The molecule has 2 aromatic carbocycles. The largest absolute Gasteiger partial charge is 0.452 e. The summed E-state index contributed by atoms with van der Waals surface area (Å²) >= 11 is 0. The first-order valence-electron chi connectivity index (χ1n) is 6.74. The molecule has 0 atom stereocenters. The van der Waals surface area contributed by atoms with Gasteiger partial charge in [0.25, 0.3) is 11.6 Å². The van der Waals surface area contributed by atoms with Gasteiger partial charge in [-0.05, 0) is 24.3 Å². The van der Waals surface area contributed by atoms with Crippen LogP contribution in [0.4, 0.5) is 25.8 Å². The zero-order chi connectivity index (χ0) is 18.6. The minimum Gasteiger partial charge on any atom is -0.452 e. The van der Waals surface area contributed by atoms with Crippen molar-refractivity contribution in [3.63, 3.8) is 0 Å². The number of anilines is 2. The van der Waals surface area contributed by atoms with E-state index in [-0.39, 0.29) is 11.3 Å². The molecule has 10 heteroatoms. The molecule has 1 amide bonds. The molecule has 0 saturated heterocycles. The molecule has 2 rings (SSSR count). The summed E-state index contributed by atoms with van der Waals surface area (Å²) in [5.74, 6) is -4.00. The maximum atomic E-state index is 13.4. The minimum atomic E-state index is -1.03. The molecular formula is C15H11F2N3O5. The molecule has 0 heterocycles. The number of esters is 1. The lowest BCUT2D eigenvalue weighted by atomic mass is 10.2. The van der Waals surface area contributed by atoms with Crippen LogP contribution >= 0.6 is 0 Å². The lowest BCUT2D eigenvalue weighted by Gasteiger charge is -2.08. The van der Waals surface area contributed by atoms with Crippen LogP contribution in [0.1, 0.15) is 10.4 Å². The van der Waals surface area contributed by atoms with E-state index in [4.69, 9.17) is 5.73 Å². The van der Waals surface area contributed by atoms with Crippen LogP contribution in [0.15, 0.2) is 36.4 Å². The van der Waals surface area contributed by atoms with Crippen molar-refractivity contribution in [3.8, 4) is 0 Å². The smallest absolute Gasteiger partial charge is 0.338 e. The topological polar surface area (TPSA) is 125 Å². The molecular weight excluding hydrogens is 340 g/mol. The van der Waals surface area contributed by atoms with E-state index in [9.17, 15) is 28.5 Å². The first-order chi connectivity index (χ1) is 11.8. The fourth-order valence-corrected chi connectivity index (χ4v) is 1.84. The van der Waals surface area contributed by atoms with Crippen molar-refractivity contribution in [2.75, 3.05) is 17.7 Å². The van der Waals surface area contributed by atoms with Crippen molar-refractivity contribution in [3.05, 3.63) is 63.7 Å². The number of halogens is 2. The third-order valence-corrected chi connectivity index (χ3v) is 3.02. The average Bonchev–Trinajstić information content (AvgIpc) is 2.56. The fourth-order valence-electron chi connectivity index (χ4n) is 1.84. The van der Waals surface area contributed by atoms with Crippen LogP contribution in [0.2, 0.25) is 0 Å². The van der Waals surface area contributed by atoms with E-state index in [2.05, 4.69) is 4.74 Å². The Labute approximate surface area is 139 Å². The van der Waals surface area contributed by atoms with Gasteiger partial charge >= 0.3 is 5.97 Å². The summed E-state index contributed by atoms with van der Waals surface area (Å²) in [5.41, 5.74) is 3.88. The molecule has 2 aromatic rings. The molecule has 3 N–H and O–H groups in total. The summed E-state index contributed by atoms with van der Waals surface area (Å²) in [4.78, 5) is 33.4. The maximum absolute atomic E-state index is 13.4. The monoisotopic (exact) mass is 351 g/mol. The van der Waals surface area contributed by atoms with Crippen LogP contribution in [0.25, 0.3) is 0 Å². The van der Waals surface area contributed by atoms with Gasteiger partial charge in [-0.15, -0.1) is 0 Å². The first kappa shape index (κ1) is 17.8. The van der Waals surface area contributed by atoms with Crippen molar-refractivity contribution in [1.29, 1.82) is 0 Å². The molecule has 0 spiro atoms. The molecule has 0 aliphatic rings. The van der Waals surface area contributed by atoms with Gasteiger partial charge in [0.1, 0.15) is 23.0 Å². The second-order valence-electron chi connectivity index (χ2n) is 4.75. The number of nitro groups is 1. The van der Waals surface area contributed by atoms with E-state index in [1.807, 2.05) is 5.32 Å². The van der Waals surface area contributed by atoms with Crippen molar-refractivity contribution >= 4 is 28.9 Å². The zero-order valence-electron chi connectivity index (χ0n) is 12.5. The Balaban J connectivity index is 2.01. The third kappa shape index (κ3) is 4.25. The number of nitrogens with one attached hydrogen (secondary N) is 1. The predicted octanol–water partition coefficient (Wildman–Crippen LogP) is 2.25. The molecule has 0 unspecified atom stereocenters. The van der Waals surface area contributed by atoms with Gasteiger partial charge in [-0.25, -0.2) is 13.6 Å². The van der Waals surface area contributed by atoms with Gasteiger partial charge in [0, 0.05) is 6.07 Å². The molecule has 0 aromatic heterocycles.